The zero-order chi connectivity index (χ0) is 20.1. The highest BCUT2D eigenvalue weighted by Crippen LogP contribution is 2.57. The molecule has 1 saturated heterocycles. The molecule has 0 aromatic rings. The van der Waals surface area contributed by atoms with Crippen molar-refractivity contribution in [3.63, 3.8) is 0 Å². The maximum atomic E-state index is 13.2. The number of carbonyl (C=O) groups is 3. The van der Waals surface area contributed by atoms with Crippen molar-refractivity contribution in [2.75, 3.05) is 6.61 Å². The summed E-state index contributed by atoms with van der Waals surface area (Å²) in [4.78, 5) is 37.9. The maximum absolute atomic E-state index is 13.2. The second-order valence-electron chi connectivity index (χ2n) is 8.65. The van der Waals surface area contributed by atoms with Crippen LogP contribution in [0.15, 0.2) is 12.2 Å². The summed E-state index contributed by atoms with van der Waals surface area (Å²) in [5.74, 6) is -1.69. The summed E-state index contributed by atoms with van der Waals surface area (Å²) in [6.45, 7) is 13.8. The maximum Gasteiger partial charge on any atom is 0.334 e. The van der Waals surface area contributed by atoms with Crippen molar-refractivity contribution in [2.45, 2.75) is 65.8 Å². The van der Waals surface area contributed by atoms with Crippen molar-refractivity contribution in [1.82, 2.24) is 0 Å². The summed E-state index contributed by atoms with van der Waals surface area (Å²) in [5.41, 5.74) is -0.636. The molecule has 0 aromatic heterocycles. The molecule has 0 radical (unpaired) electrons. The molecule has 2 aliphatic carbocycles. The van der Waals surface area contributed by atoms with Crippen LogP contribution in [-0.4, -0.2) is 42.6 Å². The van der Waals surface area contributed by atoms with Crippen LogP contribution in [0.4, 0.5) is 0 Å². The first-order valence-corrected chi connectivity index (χ1v) is 9.88. The van der Waals surface area contributed by atoms with E-state index in [1.54, 1.807) is 13.8 Å². The highest BCUT2D eigenvalue weighted by atomic mass is 16.6. The Morgan fingerprint density at radius 3 is 2.63 bits per heavy atom. The molecule has 0 amide bonds. The van der Waals surface area contributed by atoms with Crippen LogP contribution in [0.3, 0.4) is 0 Å². The third-order valence-corrected chi connectivity index (χ3v) is 6.63. The van der Waals surface area contributed by atoms with Crippen LogP contribution in [0.1, 0.15) is 47.5 Å². The number of hydrogen-bond donors (Lipinski definition) is 0. The van der Waals surface area contributed by atoms with Gasteiger partial charge in [-0.3, -0.25) is 9.59 Å². The minimum Gasteiger partial charge on any atom is -0.460 e. The molecule has 0 unspecified atom stereocenters. The SMILES string of the molecule is C=C1C(=O)O[C@@H]2C[C@@H](C)[C@@H]3[C@H](OCC)CC(=O)[C@@]3(C)[C@@H](OC(=O)C(C)C)[C@H]12. The summed E-state index contributed by atoms with van der Waals surface area (Å²) < 4.78 is 17.4. The van der Waals surface area contributed by atoms with E-state index in [4.69, 9.17) is 14.2 Å². The second-order valence-corrected chi connectivity index (χ2v) is 8.65. The second kappa shape index (κ2) is 7.04. The number of fused-ring (bicyclic) bond motifs is 2. The molecule has 0 N–H and O–H groups in total. The molecule has 150 valence electrons. The monoisotopic (exact) mass is 378 g/mol. The van der Waals surface area contributed by atoms with Crippen LogP contribution in [0.5, 0.6) is 0 Å². The van der Waals surface area contributed by atoms with Crippen molar-refractivity contribution in [2.24, 2.45) is 29.1 Å². The quantitative estimate of drug-likeness (QED) is 0.553. The smallest absolute Gasteiger partial charge is 0.334 e. The molecule has 3 fully saturated rings. The first-order chi connectivity index (χ1) is 12.6. The fourth-order valence-electron chi connectivity index (χ4n) is 5.35. The van der Waals surface area contributed by atoms with Gasteiger partial charge in [0.1, 0.15) is 18.0 Å². The lowest BCUT2D eigenvalue weighted by molar-refractivity contribution is -0.170. The average Bonchev–Trinajstić information content (AvgIpc) is 2.96. The first-order valence-electron chi connectivity index (χ1n) is 9.88. The molecule has 2 saturated carbocycles. The largest absolute Gasteiger partial charge is 0.460 e. The summed E-state index contributed by atoms with van der Waals surface area (Å²) in [5, 5.41) is 0. The van der Waals surface area contributed by atoms with Crippen LogP contribution < -0.4 is 0 Å². The average molecular weight is 378 g/mol. The minimum atomic E-state index is -0.930. The predicted molar refractivity (Wildman–Crippen MR) is 97.6 cm³/mol. The normalized spacial score (nSPS) is 41.2. The van der Waals surface area contributed by atoms with E-state index < -0.39 is 29.5 Å². The van der Waals surface area contributed by atoms with Gasteiger partial charge in [-0.1, -0.05) is 27.4 Å². The Labute approximate surface area is 160 Å². The molecule has 0 spiro atoms. The van der Waals surface area contributed by atoms with E-state index in [0.29, 0.717) is 25.0 Å². The molecule has 1 aliphatic heterocycles. The number of carbonyl (C=O) groups excluding carboxylic acids is 3. The molecule has 6 heteroatoms. The lowest BCUT2D eigenvalue weighted by Gasteiger charge is -2.41. The van der Waals surface area contributed by atoms with Crippen LogP contribution in [0.25, 0.3) is 0 Å². The van der Waals surface area contributed by atoms with E-state index in [1.165, 1.54) is 0 Å². The highest BCUT2D eigenvalue weighted by molar-refractivity contribution is 5.93. The van der Waals surface area contributed by atoms with E-state index in [9.17, 15) is 14.4 Å². The van der Waals surface area contributed by atoms with Crippen LogP contribution in [0.2, 0.25) is 0 Å². The van der Waals surface area contributed by atoms with E-state index in [-0.39, 0.29) is 35.6 Å². The van der Waals surface area contributed by atoms with Crippen molar-refractivity contribution < 1.29 is 28.6 Å². The lowest BCUT2D eigenvalue weighted by Crippen LogP contribution is -2.50. The zero-order valence-electron chi connectivity index (χ0n) is 16.8. The molecular weight excluding hydrogens is 348 g/mol. The summed E-state index contributed by atoms with van der Waals surface area (Å²) in [6, 6.07) is 0. The Morgan fingerprint density at radius 2 is 2.04 bits per heavy atom. The van der Waals surface area contributed by atoms with Crippen molar-refractivity contribution >= 4 is 17.7 Å². The van der Waals surface area contributed by atoms with E-state index in [2.05, 4.69) is 13.5 Å². The van der Waals surface area contributed by atoms with Gasteiger partial charge in [0, 0.05) is 24.5 Å². The number of ether oxygens (including phenoxy) is 3. The fourth-order valence-corrected chi connectivity index (χ4v) is 5.35. The Morgan fingerprint density at radius 1 is 1.37 bits per heavy atom. The third-order valence-electron chi connectivity index (χ3n) is 6.63. The third kappa shape index (κ3) is 3.02. The number of esters is 2. The van der Waals surface area contributed by atoms with Crippen LogP contribution in [0, 0.1) is 29.1 Å². The predicted octanol–water partition coefficient (Wildman–Crippen LogP) is 2.69. The van der Waals surface area contributed by atoms with Gasteiger partial charge in [0.25, 0.3) is 0 Å². The topological polar surface area (TPSA) is 78.9 Å². The fraction of sp³-hybridized carbons (Fsp3) is 0.762. The Hall–Kier alpha value is -1.69. The van der Waals surface area contributed by atoms with Crippen molar-refractivity contribution in [3.8, 4) is 0 Å². The van der Waals surface area contributed by atoms with E-state index in [1.807, 2.05) is 13.8 Å². The number of rotatable bonds is 4. The zero-order valence-corrected chi connectivity index (χ0v) is 16.8. The van der Waals surface area contributed by atoms with E-state index in [0.717, 1.165) is 0 Å². The standard InChI is InChI=1S/C21H30O6/c1-7-25-14-9-15(22)21(6)17(14)11(4)8-13-16(12(5)20(24)26-13)18(21)27-19(23)10(2)3/h10-11,13-14,16-18H,5,7-9H2,1-4,6H3/t11-,13-,14-,16-,17-,18+,21-/m1/s1. The highest BCUT2D eigenvalue weighted by Gasteiger charge is 2.66. The van der Waals surface area contributed by atoms with Crippen molar-refractivity contribution in [1.29, 1.82) is 0 Å². The van der Waals surface area contributed by atoms with Gasteiger partial charge in [-0.05, 0) is 26.2 Å². The van der Waals surface area contributed by atoms with Gasteiger partial charge in [-0.25, -0.2) is 4.79 Å². The summed E-state index contributed by atoms with van der Waals surface area (Å²) in [6.07, 6.45) is -0.520. The molecule has 3 aliphatic rings. The minimum absolute atomic E-state index is 0.0205. The molecule has 1 heterocycles. The molecule has 0 bridgehead atoms. The molecule has 7 atom stereocenters. The lowest BCUT2D eigenvalue weighted by atomic mass is 9.67. The van der Waals surface area contributed by atoms with Gasteiger partial charge in [0.2, 0.25) is 0 Å². The Bertz CT molecular complexity index is 668. The first kappa shape index (κ1) is 20.1. The molecule has 0 aromatic carbocycles. The van der Waals surface area contributed by atoms with Crippen LogP contribution >= 0.6 is 0 Å². The number of ketones is 1. The van der Waals surface area contributed by atoms with Crippen molar-refractivity contribution in [3.05, 3.63) is 12.2 Å². The summed E-state index contributed by atoms with van der Waals surface area (Å²) >= 11 is 0. The van der Waals surface area contributed by atoms with Gasteiger partial charge in [-0.15, -0.1) is 0 Å². The van der Waals surface area contributed by atoms with Gasteiger partial charge in [0.05, 0.1) is 23.4 Å². The van der Waals surface area contributed by atoms with Gasteiger partial charge >= 0.3 is 11.9 Å². The molecular formula is C21H30O6. The van der Waals surface area contributed by atoms with Gasteiger partial charge < -0.3 is 14.2 Å². The number of Topliss-reactive ketones (excluding diaryl/α,β-unsaturated/α-hetero) is 1. The van der Waals surface area contributed by atoms with Gasteiger partial charge in [0.15, 0.2) is 0 Å². The van der Waals surface area contributed by atoms with Crippen LogP contribution in [-0.2, 0) is 28.6 Å². The Balaban J connectivity index is 2.10. The number of hydrogen-bond acceptors (Lipinski definition) is 6. The van der Waals surface area contributed by atoms with E-state index >= 15 is 0 Å². The summed E-state index contributed by atoms with van der Waals surface area (Å²) in [7, 11) is 0. The molecule has 27 heavy (non-hydrogen) atoms. The molecule has 3 rings (SSSR count). The van der Waals surface area contributed by atoms with Gasteiger partial charge in [-0.2, -0.15) is 0 Å². The molecule has 6 nitrogen and oxygen atoms in total. The Kier molecular flexibility index (Phi) is 5.23.